The van der Waals surface area contributed by atoms with Gasteiger partial charge in [0.15, 0.2) is 0 Å². The minimum Gasteiger partial charge on any atom is -0.466 e. The first-order chi connectivity index (χ1) is 14.0. The largest absolute Gasteiger partial charge is 0.466 e. The number of hydrogen-bond donors (Lipinski definition) is 0. The molecule has 0 amide bonds. The Kier molecular flexibility index (Phi) is 6.39. The lowest BCUT2D eigenvalue weighted by Gasteiger charge is -2.33. The van der Waals surface area contributed by atoms with Gasteiger partial charge in [-0.15, -0.1) is 0 Å². The predicted octanol–water partition coefficient (Wildman–Crippen LogP) is 4.61. The van der Waals surface area contributed by atoms with E-state index < -0.39 is 17.9 Å². The Morgan fingerprint density at radius 1 is 0.897 bits per heavy atom. The molecule has 2 aromatic rings. The van der Waals surface area contributed by atoms with Gasteiger partial charge in [-0.3, -0.25) is 0 Å². The molecule has 0 spiro atoms. The summed E-state index contributed by atoms with van der Waals surface area (Å²) < 4.78 is 10.0. The number of carbonyl (C=O) groups is 2. The fourth-order valence-corrected chi connectivity index (χ4v) is 3.67. The molecule has 6 heteroatoms. The van der Waals surface area contributed by atoms with Gasteiger partial charge in [0.2, 0.25) is 0 Å². The van der Waals surface area contributed by atoms with Gasteiger partial charge >= 0.3 is 11.9 Å². The smallest absolute Gasteiger partial charge is 0.336 e. The molecule has 0 radical (unpaired) electrons. The molecule has 3 rings (SSSR count). The topological polar surface area (TPSA) is 55.8 Å². The molecule has 1 atom stereocenters. The SMILES string of the molecule is COC(=O)C1=CN([C@H](C)c2ccccc2)C=C(C(=O)OC)C1c1ccccc1Cl. The van der Waals surface area contributed by atoms with Crippen molar-refractivity contribution in [3.05, 3.63) is 94.3 Å². The van der Waals surface area contributed by atoms with E-state index in [1.54, 1.807) is 30.6 Å². The van der Waals surface area contributed by atoms with Crippen LogP contribution in [0.1, 0.15) is 30.0 Å². The van der Waals surface area contributed by atoms with Crippen molar-refractivity contribution in [1.82, 2.24) is 4.90 Å². The fourth-order valence-electron chi connectivity index (χ4n) is 3.42. The fraction of sp³-hybridized carbons (Fsp3) is 0.217. The van der Waals surface area contributed by atoms with Gasteiger partial charge in [0.1, 0.15) is 0 Å². The maximum atomic E-state index is 12.7. The molecular weight excluding hydrogens is 390 g/mol. The maximum absolute atomic E-state index is 12.7. The Morgan fingerprint density at radius 2 is 1.41 bits per heavy atom. The van der Waals surface area contributed by atoms with E-state index in [0.717, 1.165) is 5.56 Å². The molecule has 1 aliphatic rings. The molecule has 1 aliphatic heterocycles. The molecular formula is C23H22ClNO4. The zero-order valence-corrected chi connectivity index (χ0v) is 17.2. The van der Waals surface area contributed by atoms with Gasteiger partial charge in [0, 0.05) is 17.4 Å². The summed E-state index contributed by atoms with van der Waals surface area (Å²) in [6, 6.07) is 16.8. The zero-order chi connectivity index (χ0) is 21.0. The minimum absolute atomic E-state index is 0.122. The third-order valence-corrected chi connectivity index (χ3v) is 5.33. The van der Waals surface area contributed by atoms with Crippen LogP contribution in [-0.2, 0) is 19.1 Å². The second-order valence-corrected chi connectivity index (χ2v) is 7.05. The van der Waals surface area contributed by atoms with Crippen LogP contribution in [-0.4, -0.2) is 31.1 Å². The summed E-state index contributed by atoms with van der Waals surface area (Å²) in [7, 11) is 2.63. The lowest BCUT2D eigenvalue weighted by atomic mass is 9.83. The Morgan fingerprint density at radius 3 is 1.93 bits per heavy atom. The number of benzene rings is 2. The highest BCUT2D eigenvalue weighted by Crippen LogP contribution is 2.41. The summed E-state index contributed by atoms with van der Waals surface area (Å²) in [5, 5.41) is 0.451. The van der Waals surface area contributed by atoms with E-state index in [9.17, 15) is 9.59 Å². The maximum Gasteiger partial charge on any atom is 0.336 e. The first-order valence-electron chi connectivity index (χ1n) is 9.14. The Labute approximate surface area is 175 Å². The molecule has 0 unspecified atom stereocenters. The highest BCUT2D eigenvalue weighted by Gasteiger charge is 2.37. The molecule has 29 heavy (non-hydrogen) atoms. The van der Waals surface area contributed by atoms with Gasteiger partial charge in [0.25, 0.3) is 0 Å². The zero-order valence-electron chi connectivity index (χ0n) is 16.5. The van der Waals surface area contributed by atoms with Crippen LogP contribution in [0.3, 0.4) is 0 Å². The minimum atomic E-state index is -0.692. The van der Waals surface area contributed by atoms with Crippen LogP contribution in [0.4, 0.5) is 0 Å². The second kappa shape index (κ2) is 8.97. The molecule has 0 saturated heterocycles. The normalized spacial score (nSPS) is 15.2. The third-order valence-electron chi connectivity index (χ3n) is 4.99. The molecule has 0 N–H and O–H groups in total. The van der Waals surface area contributed by atoms with Gasteiger partial charge in [-0.25, -0.2) is 9.59 Å². The van der Waals surface area contributed by atoms with E-state index in [0.29, 0.717) is 21.7 Å². The quantitative estimate of drug-likeness (QED) is 0.672. The van der Waals surface area contributed by atoms with Crippen LogP contribution in [0, 0.1) is 0 Å². The Hall–Kier alpha value is -3.05. The third kappa shape index (κ3) is 4.20. The van der Waals surface area contributed by atoms with Crippen LogP contribution < -0.4 is 0 Å². The summed E-state index contributed by atoms with van der Waals surface area (Å²) in [5.41, 5.74) is 2.29. The van der Waals surface area contributed by atoms with Crippen molar-refractivity contribution in [3.63, 3.8) is 0 Å². The molecule has 0 bridgehead atoms. The van der Waals surface area contributed by atoms with Crippen molar-refractivity contribution in [2.24, 2.45) is 0 Å². The number of hydrogen-bond acceptors (Lipinski definition) is 5. The van der Waals surface area contributed by atoms with Gasteiger partial charge in [0.05, 0.1) is 37.3 Å². The van der Waals surface area contributed by atoms with Gasteiger partial charge in [-0.1, -0.05) is 60.1 Å². The van der Waals surface area contributed by atoms with Crippen molar-refractivity contribution >= 4 is 23.5 Å². The second-order valence-electron chi connectivity index (χ2n) is 6.64. The van der Waals surface area contributed by atoms with Crippen LogP contribution in [0.5, 0.6) is 0 Å². The first kappa shape index (κ1) is 20.7. The van der Waals surface area contributed by atoms with E-state index in [2.05, 4.69) is 0 Å². The number of nitrogens with zero attached hydrogens (tertiary/aromatic N) is 1. The van der Waals surface area contributed by atoms with Crippen molar-refractivity contribution in [3.8, 4) is 0 Å². The molecule has 5 nitrogen and oxygen atoms in total. The predicted molar refractivity (Wildman–Crippen MR) is 111 cm³/mol. The summed E-state index contributed by atoms with van der Waals surface area (Å²) >= 11 is 6.41. The highest BCUT2D eigenvalue weighted by atomic mass is 35.5. The molecule has 2 aromatic carbocycles. The van der Waals surface area contributed by atoms with E-state index in [1.165, 1.54) is 14.2 Å². The lowest BCUT2D eigenvalue weighted by Crippen LogP contribution is -2.30. The molecule has 0 saturated carbocycles. The summed E-state index contributed by atoms with van der Waals surface area (Å²) in [4.78, 5) is 27.2. The number of esters is 2. The standard InChI is InChI=1S/C23H22ClNO4/c1-15(16-9-5-4-6-10-16)25-13-18(22(26)28-2)21(19(14-25)23(27)29-3)17-11-7-8-12-20(17)24/h4-15,21H,1-3H3/t15-/m1/s1. The van der Waals surface area contributed by atoms with Gasteiger partial charge in [-0.05, 0) is 24.1 Å². The molecule has 1 heterocycles. The summed E-state index contributed by atoms with van der Waals surface area (Å²) in [6.45, 7) is 1.99. The van der Waals surface area contributed by atoms with Crippen molar-refractivity contribution in [2.45, 2.75) is 18.9 Å². The molecule has 150 valence electrons. The molecule has 0 fully saturated rings. The molecule has 0 aliphatic carbocycles. The summed E-state index contributed by atoms with van der Waals surface area (Å²) in [6.07, 6.45) is 3.42. The average Bonchev–Trinajstić information content (AvgIpc) is 2.77. The van der Waals surface area contributed by atoms with E-state index in [1.807, 2.05) is 48.2 Å². The monoisotopic (exact) mass is 411 g/mol. The number of methoxy groups -OCH3 is 2. The van der Waals surface area contributed by atoms with Crippen LogP contribution in [0.2, 0.25) is 5.02 Å². The Balaban J connectivity index is 2.15. The number of ether oxygens (including phenoxy) is 2. The van der Waals surface area contributed by atoms with Gasteiger partial charge < -0.3 is 14.4 Å². The number of carbonyl (C=O) groups excluding carboxylic acids is 2. The highest BCUT2D eigenvalue weighted by molar-refractivity contribution is 6.31. The lowest BCUT2D eigenvalue weighted by molar-refractivity contribution is -0.137. The van der Waals surface area contributed by atoms with E-state index in [-0.39, 0.29) is 6.04 Å². The Bertz CT molecular complexity index is 934. The van der Waals surface area contributed by atoms with Crippen molar-refractivity contribution in [2.75, 3.05) is 14.2 Å². The van der Waals surface area contributed by atoms with Crippen LogP contribution in [0.15, 0.2) is 78.1 Å². The van der Waals surface area contributed by atoms with Crippen LogP contribution >= 0.6 is 11.6 Å². The van der Waals surface area contributed by atoms with E-state index >= 15 is 0 Å². The first-order valence-corrected chi connectivity index (χ1v) is 9.52. The van der Waals surface area contributed by atoms with Crippen LogP contribution in [0.25, 0.3) is 0 Å². The summed E-state index contributed by atoms with van der Waals surface area (Å²) in [5.74, 6) is -1.76. The number of rotatable bonds is 5. The van der Waals surface area contributed by atoms with E-state index in [4.69, 9.17) is 21.1 Å². The van der Waals surface area contributed by atoms with Gasteiger partial charge in [-0.2, -0.15) is 0 Å². The molecule has 0 aromatic heterocycles. The number of halogens is 1. The van der Waals surface area contributed by atoms with Crippen molar-refractivity contribution < 1.29 is 19.1 Å². The van der Waals surface area contributed by atoms with Crippen molar-refractivity contribution in [1.29, 1.82) is 0 Å². The average molecular weight is 412 g/mol.